The van der Waals surface area contributed by atoms with Gasteiger partial charge in [0.05, 0.1) is 16.8 Å². The van der Waals surface area contributed by atoms with Crippen LogP contribution in [0.15, 0.2) is 29.0 Å². The summed E-state index contributed by atoms with van der Waals surface area (Å²) in [5, 5.41) is 0. The molecule has 0 fully saturated rings. The van der Waals surface area contributed by atoms with Crippen molar-refractivity contribution in [2.45, 2.75) is 13.5 Å². The Morgan fingerprint density at radius 3 is 2.89 bits per heavy atom. The molecule has 1 aromatic carbocycles. The largest absolute Gasteiger partial charge is 0.465 e. The van der Waals surface area contributed by atoms with E-state index in [1.807, 2.05) is 24.3 Å². The number of benzene rings is 1. The molecule has 0 radical (unpaired) electrons. The van der Waals surface area contributed by atoms with E-state index < -0.39 is 6.78 Å². The molecule has 0 saturated carbocycles. The van der Waals surface area contributed by atoms with Crippen LogP contribution in [0.5, 0.6) is 0 Å². The molecule has 2 aromatic rings. The van der Waals surface area contributed by atoms with Gasteiger partial charge in [0, 0.05) is 0 Å². The first-order chi connectivity index (χ1) is 9.11. The van der Waals surface area contributed by atoms with Gasteiger partial charge in [0.25, 0.3) is 0 Å². The van der Waals surface area contributed by atoms with Gasteiger partial charge >= 0.3 is 5.97 Å². The lowest BCUT2D eigenvalue weighted by molar-refractivity contribution is -0.143. The third-order valence-electron chi connectivity index (χ3n) is 2.34. The molecule has 4 nitrogen and oxygen atoms in total. The molecule has 0 atom stereocenters. The first-order valence-electron chi connectivity index (χ1n) is 5.52. The smallest absolute Gasteiger partial charge is 0.326 e. The molecule has 0 aliphatic heterocycles. The molecular weight excluding hydrogens is 326 g/mol. The van der Waals surface area contributed by atoms with Gasteiger partial charge < -0.3 is 9.30 Å². The van der Waals surface area contributed by atoms with Crippen molar-refractivity contribution in [3.8, 4) is 0 Å². The van der Waals surface area contributed by atoms with E-state index in [1.165, 1.54) is 11.3 Å². The van der Waals surface area contributed by atoms with E-state index in [2.05, 4.69) is 4.76 Å². The van der Waals surface area contributed by atoms with Crippen LogP contribution >= 0.6 is 40.6 Å². The molecule has 1 heterocycles. The van der Waals surface area contributed by atoms with Crippen molar-refractivity contribution < 1.29 is 9.53 Å². The first-order valence-corrected chi connectivity index (χ1v) is 9.44. The second-order valence-corrected chi connectivity index (χ2v) is 7.64. The molecule has 0 saturated heterocycles. The molecule has 0 spiro atoms. The molecule has 0 N–H and O–H groups in total. The number of rotatable bonds is 4. The lowest BCUT2D eigenvalue weighted by Gasteiger charge is -2.04. The topological polar surface area (TPSA) is 43.6 Å². The van der Waals surface area contributed by atoms with Gasteiger partial charge in [-0.15, -0.1) is 0 Å². The van der Waals surface area contributed by atoms with Crippen LogP contribution in [0, 0.1) is 0 Å². The van der Waals surface area contributed by atoms with Crippen molar-refractivity contribution in [2.24, 2.45) is 4.76 Å². The Morgan fingerprint density at radius 1 is 1.47 bits per heavy atom. The van der Waals surface area contributed by atoms with Crippen LogP contribution in [-0.2, 0) is 16.1 Å². The summed E-state index contributed by atoms with van der Waals surface area (Å²) < 4.78 is 11.9. The monoisotopic (exact) mass is 336 g/mol. The van der Waals surface area contributed by atoms with Gasteiger partial charge in [-0.2, -0.15) is 0 Å². The standard InChI is InChI=1S/C11H11Cl2N2O2PS/c1-2-17-10(16)7-15-8-5-3-4-6-9(8)19-11(15)14-18(12)13/h3-6H,2,7H2,1H3. The van der Waals surface area contributed by atoms with Gasteiger partial charge in [-0.3, -0.25) is 4.79 Å². The predicted octanol–water partition coefficient (Wildman–Crippen LogP) is 3.87. The molecular formula is C11H11Cl2N2O2PS. The fourth-order valence-corrected chi connectivity index (χ4v) is 3.89. The van der Waals surface area contributed by atoms with E-state index in [9.17, 15) is 4.79 Å². The van der Waals surface area contributed by atoms with Crippen molar-refractivity contribution >= 4 is 56.8 Å². The van der Waals surface area contributed by atoms with Crippen molar-refractivity contribution in [1.82, 2.24) is 4.57 Å². The molecule has 0 aliphatic rings. The van der Waals surface area contributed by atoms with Crippen LogP contribution < -0.4 is 4.80 Å². The molecule has 2 rings (SSSR count). The predicted molar refractivity (Wildman–Crippen MR) is 80.6 cm³/mol. The Hall–Kier alpha value is -0.610. The Balaban J connectivity index is 2.52. The maximum Gasteiger partial charge on any atom is 0.326 e. The first kappa shape index (κ1) is 14.8. The SMILES string of the molecule is CCOC(=O)Cn1c(=NP(Cl)Cl)sc2ccccc21. The summed E-state index contributed by atoms with van der Waals surface area (Å²) in [6.45, 7) is 0.776. The summed E-state index contributed by atoms with van der Waals surface area (Å²) in [6.07, 6.45) is 0. The second-order valence-electron chi connectivity index (χ2n) is 3.56. The van der Waals surface area contributed by atoms with Crippen molar-refractivity contribution in [2.75, 3.05) is 6.61 Å². The van der Waals surface area contributed by atoms with E-state index >= 15 is 0 Å². The summed E-state index contributed by atoms with van der Waals surface area (Å²) in [7, 11) is 0. The number of esters is 1. The molecule has 0 bridgehead atoms. The number of thiazole rings is 1. The number of hydrogen-bond acceptors (Lipinski definition) is 4. The van der Waals surface area contributed by atoms with E-state index in [1.54, 1.807) is 11.5 Å². The molecule has 0 unspecified atom stereocenters. The minimum Gasteiger partial charge on any atom is -0.465 e. The Labute approximate surface area is 125 Å². The van der Waals surface area contributed by atoms with Crippen LogP contribution in [0.4, 0.5) is 0 Å². The van der Waals surface area contributed by atoms with Gasteiger partial charge in [-0.1, -0.05) is 46.0 Å². The third-order valence-corrected chi connectivity index (χ3v) is 4.33. The van der Waals surface area contributed by atoms with Crippen LogP contribution in [-0.4, -0.2) is 17.1 Å². The van der Waals surface area contributed by atoms with E-state index in [-0.39, 0.29) is 12.5 Å². The number of hydrogen-bond donors (Lipinski definition) is 0. The molecule has 102 valence electrons. The van der Waals surface area contributed by atoms with Crippen LogP contribution in [0.1, 0.15) is 6.92 Å². The zero-order valence-corrected chi connectivity index (χ0v) is 13.3. The third kappa shape index (κ3) is 3.69. The summed E-state index contributed by atoms with van der Waals surface area (Å²) in [6, 6.07) is 7.73. The maximum absolute atomic E-state index is 11.7. The molecule has 0 aliphatic carbocycles. The average molecular weight is 337 g/mol. The molecule has 1 aromatic heterocycles. The number of fused-ring (bicyclic) bond motifs is 1. The van der Waals surface area contributed by atoms with Gasteiger partial charge in [-0.25, -0.2) is 4.76 Å². The Kier molecular flexibility index (Phi) is 5.22. The highest BCUT2D eigenvalue weighted by molar-refractivity contribution is 8.02. The lowest BCUT2D eigenvalue weighted by Crippen LogP contribution is -2.21. The van der Waals surface area contributed by atoms with Crippen LogP contribution in [0.2, 0.25) is 0 Å². The number of para-hydroxylation sites is 1. The quantitative estimate of drug-likeness (QED) is 0.628. The zero-order valence-electron chi connectivity index (χ0n) is 10.0. The van der Waals surface area contributed by atoms with Crippen molar-refractivity contribution in [1.29, 1.82) is 0 Å². The number of aromatic nitrogens is 1. The fourth-order valence-electron chi connectivity index (χ4n) is 1.65. The summed E-state index contributed by atoms with van der Waals surface area (Å²) in [5.41, 5.74) is 0.921. The second kappa shape index (κ2) is 6.71. The van der Waals surface area contributed by atoms with Crippen molar-refractivity contribution in [3.05, 3.63) is 29.1 Å². The summed E-state index contributed by atoms with van der Waals surface area (Å²) in [4.78, 5) is 12.3. The van der Waals surface area contributed by atoms with Crippen LogP contribution in [0.3, 0.4) is 0 Å². The molecule has 0 amide bonds. The number of halogens is 2. The van der Waals surface area contributed by atoms with Crippen LogP contribution in [0.25, 0.3) is 10.2 Å². The highest BCUT2D eigenvalue weighted by atomic mass is 35.9. The fraction of sp³-hybridized carbons (Fsp3) is 0.273. The Bertz CT molecular complexity index is 653. The van der Waals surface area contributed by atoms with E-state index in [0.29, 0.717) is 11.4 Å². The highest BCUT2D eigenvalue weighted by Crippen LogP contribution is 2.47. The van der Waals surface area contributed by atoms with Gasteiger partial charge in [-0.05, 0) is 19.1 Å². The number of ether oxygens (including phenoxy) is 1. The average Bonchev–Trinajstić information content (AvgIpc) is 2.67. The minimum absolute atomic E-state index is 0.105. The van der Waals surface area contributed by atoms with Gasteiger partial charge in [0.2, 0.25) is 6.78 Å². The van der Waals surface area contributed by atoms with Gasteiger partial charge in [0.1, 0.15) is 6.54 Å². The zero-order chi connectivity index (χ0) is 13.8. The molecule has 8 heteroatoms. The molecule has 19 heavy (non-hydrogen) atoms. The van der Waals surface area contributed by atoms with E-state index in [4.69, 9.17) is 27.2 Å². The maximum atomic E-state index is 11.7. The number of nitrogens with zero attached hydrogens (tertiary/aromatic N) is 2. The minimum atomic E-state index is -1.46. The lowest BCUT2D eigenvalue weighted by atomic mass is 10.3. The number of carbonyl (C=O) groups excluding carboxylic acids is 1. The highest BCUT2D eigenvalue weighted by Gasteiger charge is 2.11. The summed E-state index contributed by atoms with van der Waals surface area (Å²) in [5.74, 6) is -0.305. The van der Waals surface area contributed by atoms with E-state index in [0.717, 1.165) is 10.2 Å². The normalized spacial score (nSPS) is 12.3. The summed E-state index contributed by atoms with van der Waals surface area (Å²) >= 11 is 12.9. The number of carbonyl (C=O) groups is 1. The van der Waals surface area contributed by atoms with Gasteiger partial charge in [0.15, 0.2) is 4.80 Å². The van der Waals surface area contributed by atoms with Crippen molar-refractivity contribution in [3.63, 3.8) is 0 Å². The Morgan fingerprint density at radius 2 is 2.21 bits per heavy atom.